The van der Waals surface area contributed by atoms with E-state index in [9.17, 15) is 0 Å². The van der Waals surface area contributed by atoms with E-state index in [4.69, 9.17) is 9.47 Å². The molecular weight excluding hydrogens is 190 g/mol. The van der Waals surface area contributed by atoms with Gasteiger partial charge in [-0.3, -0.25) is 0 Å². The molecule has 15 heavy (non-hydrogen) atoms. The van der Waals surface area contributed by atoms with Crippen molar-refractivity contribution in [3.8, 4) is 11.5 Å². The Kier molecular flexibility index (Phi) is 4.98. The fourth-order valence-corrected chi connectivity index (χ4v) is 1.34. The van der Waals surface area contributed by atoms with Gasteiger partial charge in [-0.2, -0.15) is 0 Å². The third-order valence-corrected chi connectivity index (χ3v) is 2.20. The van der Waals surface area contributed by atoms with Crippen molar-refractivity contribution in [3.05, 3.63) is 24.3 Å². The van der Waals surface area contributed by atoms with E-state index in [0.29, 0.717) is 0 Å². The van der Waals surface area contributed by atoms with E-state index in [1.807, 2.05) is 31.3 Å². The second-order valence-electron chi connectivity index (χ2n) is 3.47. The van der Waals surface area contributed by atoms with E-state index in [-0.39, 0.29) is 6.10 Å². The molecule has 0 saturated carbocycles. The van der Waals surface area contributed by atoms with E-state index < -0.39 is 0 Å². The molecule has 0 aliphatic heterocycles. The minimum absolute atomic E-state index is 0.189. The molecule has 0 heterocycles. The molecule has 1 unspecified atom stereocenters. The Morgan fingerprint density at radius 2 is 1.93 bits per heavy atom. The average Bonchev–Trinajstić information content (AvgIpc) is 2.27. The maximum Gasteiger partial charge on any atom is 0.161 e. The van der Waals surface area contributed by atoms with Gasteiger partial charge in [0.2, 0.25) is 0 Å². The van der Waals surface area contributed by atoms with Crippen LogP contribution in [0.3, 0.4) is 0 Å². The zero-order valence-electron chi connectivity index (χ0n) is 9.62. The van der Waals surface area contributed by atoms with Gasteiger partial charge in [0, 0.05) is 0 Å². The highest BCUT2D eigenvalue weighted by atomic mass is 16.5. The first-order valence-electron chi connectivity index (χ1n) is 5.22. The van der Waals surface area contributed by atoms with E-state index in [1.165, 1.54) is 0 Å². The van der Waals surface area contributed by atoms with E-state index >= 15 is 0 Å². The molecule has 0 aliphatic carbocycles. The number of rotatable bonds is 6. The van der Waals surface area contributed by atoms with Crippen LogP contribution in [0.2, 0.25) is 0 Å². The standard InChI is InChI=1S/C12H19NO2/c1-10(8-9-13-2)15-12-7-5-4-6-11(12)14-3/h4-7,10,13H,8-9H2,1-3H3. The van der Waals surface area contributed by atoms with Crippen molar-refractivity contribution in [2.45, 2.75) is 19.4 Å². The van der Waals surface area contributed by atoms with Gasteiger partial charge in [-0.15, -0.1) is 0 Å². The molecule has 0 fully saturated rings. The van der Waals surface area contributed by atoms with Crippen molar-refractivity contribution >= 4 is 0 Å². The molecule has 0 bridgehead atoms. The largest absolute Gasteiger partial charge is 0.493 e. The maximum absolute atomic E-state index is 5.77. The molecule has 1 rings (SSSR count). The van der Waals surface area contributed by atoms with Crippen molar-refractivity contribution in [2.24, 2.45) is 0 Å². The third kappa shape index (κ3) is 3.80. The molecule has 0 aliphatic rings. The summed E-state index contributed by atoms with van der Waals surface area (Å²) in [5.41, 5.74) is 0. The Balaban J connectivity index is 2.55. The van der Waals surface area contributed by atoms with Crippen LogP contribution in [-0.4, -0.2) is 26.8 Å². The first kappa shape index (κ1) is 11.9. The van der Waals surface area contributed by atoms with Gasteiger partial charge < -0.3 is 14.8 Å². The topological polar surface area (TPSA) is 30.5 Å². The van der Waals surface area contributed by atoms with Crippen molar-refractivity contribution in [2.75, 3.05) is 20.7 Å². The van der Waals surface area contributed by atoms with Gasteiger partial charge in [0.1, 0.15) is 0 Å². The molecule has 1 N–H and O–H groups in total. The minimum atomic E-state index is 0.189. The number of para-hydroxylation sites is 2. The second-order valence-corrected chi connectivity index (χ2v) is 3.47. The van der Waals surface area contributed by atoms with Crippen molar-refractivity contribution in [1.29, 1.82) is 0 Å². The Morgan fingerprint density at radius 3 is 2.53 bits per heavy atom. The number of methoxy groups -OCH3 is 1. The lowest BCUT2D eigenvalue weighted by molar-refractivity contribution is 0.202. The zero-order valence-corrected chi connectivity index (χ0v) is 9.62. The first-order chi connectivity index (χ1) is 7.27. The highest BCUT2D eigenvalue weighted by Gasteiger charge is 2.07. The van der Waals surface area contributed by atoms with Crippen molar-refractivity contribution < 1.29 is 9.47 Å². The normalized spacial score (nSPS) is 12.2. The lowest BCUT2D eigenvalue weighted by Gasteiger charge is -2.16. The number of hydrogen-bond donors (Lipinski definition) is 1. The number of benzene rings is 1. The predicted octanol–water partition coefficient (Wildman–Crippen LogP) is 2.07. The van der Waals surface area contributed by atoms with Crippen molar-refractivity contribution in [3.63, 3.8) is 0 Å². The van der Waals surface area contributed by atoms with Crippen LogP contribution in [0.5, 0.6) is 11.5 Å². The van der Waals surface area contributed by atoms with Crippen LogP contribution >= 0.6 is 0 Å². The van der Waals surface area contributed by atoms with Crippen LogP contribution < -0.4 is 14.8 Å². The van der Waals surface area contributed by atoms with Gasteiger partial charge in [0.15, 0.2) is 11.5 Å². The van der Waals surface area contributed by atoms with Gasteiger partial charge in [-0.05, 0) is 39.1 Å². The average molecular weight is 209 g/mol. The summed E-state index contributed by atoms with van der Waals surface area (Å²) >= 11 is 0. The van der Waals surface area contributed by atoms with Crippen LogP contribution in [0.25, 0.3) is 0 Å². The summed E-state index contributed by atoms with van der Waals surface area (Å²) in [6.45, 7) is 3.01. The zero-order chi connectivity index (χ0) is 11.1. The summed E-state index contributed by atoms with van der Waals surface area (Å²) in [5.74, 6) is 1.59. The summed E-state index contributed by atoms with van der Waals surface area (Å²) in [7, 11) is 3.59. The Bertz CT molecular complexity index is 289. The summed E-state index contributed by atoms with van der Waals surface area (Å²) in [6.07, 6.45) is 1.17. The van der Waals surface area contributed by atoms with Gasteiger partial charge >= 0.3 is 0 Å². The van der Waals surface area contributed by atoms with Crippen LogP contribution in [0, 0.1) is 0 Å². The minimum Gasteiger partial charge on any atom is -0.493 e. The van der Waals surface area contributed by atoms with Crippen LogP contribution in [0.4, 0.5) is 0 Å². The van der Waals surface area contributed by atoms with Crippen LogP contribution in [0.1, 0.15) is 13.3 Å². The van der Waals surface area contributed by atoms with Gasteiger partial charge in [-0.25, -0.2) is 0 Å². The third-order valence-electron chi connectivity index (χ3n) is 2.20. The molecular formula is C12H19NO2. The molecule has 0 aromatic heterocycles. The highest BCUT2D eigenvalue weighted by molar-refractivity contribution is 5.39. The molecule has 3 nitrogen and oxygen atoms in total. The molecule has 0 spiro atoms. The van der Waals surface area contributed by atoms with Crippen molar-refractivity contribution in [1.82, 2.24) is 5.32 Å². The molecule has 3 heteroatoms. The van der Waals surface area contributed by atoms with Gasteiger partial charge in [0.05, 0.1) is 13.2 Å². The summed E-state index contributed by atoms with van der Waals surface area (Å²) < 4.78 is 11.0. The molecule has 0 saturated heterocycles. The monoisotopic (exact) mass is 209 g/mol. The maximum atomic E-state index is 5.77. The number of hydrogen-bond acceptors (Lipinski definition) is 3. The summed E-state index contributed by atoms with van der Waals surface area (Å²) in [5, 5.41) is 3.10. The fourth-order valence-electron chi connectivity index (χ4n) is 1.34. The van der Waals surface area contributed by atoms with E-state index in [2.05, 4.69) is 12.2 Å². The van der Waals surface area contributed by atoms with Gasteiger partial charge in [0.25, 0.3) is 0 Å². The predicted molar refractivity (Wildman–Crippen MR) is 61.6 cm³/mol. The Hall–Kier alpha value is -1.22. The first-order valence-corrected chi connectivity index (χ1v) is 5.22. The highest BCUT2D eigenvalue weighted by Crippen LogP contribution is 2.27. The lowest BCUT2D eigenvalue weighted by atomic mass is 10.2. The van der Waals surface area contributed by atoms with E-state index in [0.717, 1.165) is 24.5 Å². The Labute approximate surface area is 91.4 Å². The summed E-state index contributed by atoms with van der Waals surface area (Å²) in [6, 6.07) is 7.71. The fraction of sp³-hybridized carbons (Fsp3) is 0.500. The van der Waals surface area contributed by atoms with E-state index in [1.54, 1.807) is 7.11 Å². The second kappa shape index (κ2) is 6.30. The lowest BCUT2D eigenvalue weighted by Crippen LogP contribution is -2.19. The van der Waals surface area contributed by atoms with Crippen LogP contribution in [-0.2, 0) is 0 Å². The number of ether oxygens (including phenoxy) is 2. The van der Waals surface area contributed by atoms with Crippen LogP contribution in [0.15, 0.2) is 24.3 Å². The molecule has 84 valence electrons. The molecule has 1 atom stereocenters. The molecule has 1 aromatic carbocycles. The molecule has 0 radical (unpaired) electrons. The van der Waals surface area contributed by atoms with Gasteiger partial charge in [-0.1, -0.05) is 12.1 Å². The molecule has 0 amide bonds. The molecule has 1 aromatic rings. The smallest absolute Gasteiger partial charge is 0.161 e. The quantitative estimate of drug-likeness (QED) is 0.778. The SMILES string of the molecule is CNCCC(C)Oc1ccccc1OC. The number of nitrogens with one attached hydrogen (secondary N) is 1. The summed E-state index contributed by atoms with van der Waals surface area (Å²) in [4.78, 5) is 0. The Morgan fingerprint density at radius 1 is 1.27 bits per heavy atom.